The van der Waals surface area contributed by atoms with Crippen LogP contribution in [0.15, 0.2) is 24.3 Å². The molecule has 4 nitrogen and oxygen atoms in total. The first-order valence-corrected chi connectivity index (χ1v) is 6.99. The molecule has 0 saturated carbocycles. The van der Waals surface area contributed by atoms with Gasteiger partial charge < -0.3 is 11.1 Å². The molecule has 0 unspecified atom stereocenters. The van der Waals surface area contributed by atoms with Crippen LogP contribution in [0.3, 0.4) is 0 Å². The molecular weight excluding hydrogens is 272 g/mol. The van der Waals surface area contributed by atoms with Gasteiger partial charge in [-0.05, 0) is 43.7 Å². The van der Waals surface area contributed by atoms with Crippen molar-refractivity contribution in [3.8, 4) is 0 Å². The van der Waals surface area contributed by atoms with E-state index in [0.717, 1.165) is 10.4 Å². The maximum Gasteiger partial charge on any atom is 0.221 e. The van der Waals surface area contributed by atoms with Crippen molar-refractivity contribution in [1.29, 1.82) is 0 Å². The van der Waals surface area contributed by atoms with E-state index in [2.05, 4.69) is 5.32 Å². The predicted molar refractivity (Wildman–Crippen MR) is 82.4 cm³/mol. The summed E-state index contributed by atoms with van der Waals surface area (Å²) in [6, 6.07) is 6.80. The third-order valence-corrected chi connectivity index (χ3v) is 4.14. The number of carbonyl (C=O) groups excluding carboxylic acids is 2. The van der Waals surface area contributed by atoms with E-state index in [4.69, 9.17) is 5.73 Å². The molecule has 3 N–H and O–H groups in total. The number of aryl methyl sites for hydroxylation is 1. The summed E-state index contributed by atoms with van der Waals surface area (Å²) in [5.74, 6) is -0.226. The highest BCUT2D eigenvalue weighted by Crippen LogP contribution is 2.31. The fourth-order valence-corrected chi connectivity index (χ4v) is 2.92. The molecule has 0 saturated heterocycles. The van der Waals surface area contributed by atoms with Crippen molar-refractivity contribution in [3.63, 3.8) is 0 Å². The van der Waals surface area contributed by atoms with Crippen molar-refractivity contribution < 1.29 is 9.59 Å². The molecule has 104 valence electrons. The van der Waals surface area contributed by atoms with Gasteiger partial charge in [0.25, 0.3) is 0 Å². The maximum atomic E-state index is 12.5. The zero-order chi connectivity index (χ0) is 14.9. The van der Waals surface area contributed by atoms with Crippen LogP contribution in [0.5, 0.6) is 0 Å². The van der Waals surface area contributed by atoms with Crippen LogP contribution in [0, 0.1) is 13.8 Å². The Bertz CT molecular complexity index is 672. The number of nitrogens with two attached hydrogens (primary N) is 1. The first-order chi connectivity index (χ1) is 9.40. The van der Waals surface area contributed by atoms with E-state index in [9.17, 15) is 9.59 Å². The molecule has 1 amide bonds. The number of nitrogen functional groups attached to an aromatic ring is 1. The monoisotopic (exact) mass is 288 g/mol. The number of carbonyl (C=O) groups is 2. The maximum absolute atomic E-state index is 12.5. The molecule has 20 heavy (non-hydrogen) atoms. The summed E-state index contributed by atoms with van der Waals surface area (Å²) in [6.07, 6.45) is 0. The van der Waals surface area contributed by atoms with Gasteiger partial charge in [-0.2, -0.15) is 0 Å². The van der Waals surface area contributed by atoms with Crippen molar-refractivity contribution >= 4 is 33.7 Å². The minimum Gasteiger partial charge on any atom is -0.390 e. The van der Waals surface area contributed by atoms with Crippen LogP contribution in [0.2, 0.25) is 0 Å². The number of amides is 1. The molecule has 0 spiro atoms. The smallest absolute Gasteiger partial charge is 0.221 e. The van der Waals surface area contributed by atoms with Gasteiger partial charge in [0.2, 0.25) is 5.91 Å². The van der Waals surface area contributed by atoms with E-state index in [0.29, 0.717) is 21.8 Å². The van der Waals surface area contributed by atoms with Crippen LogP contribution in [0.25, 0.3) is 0 Å². The SMILES string of the molecule is CC(=O)Nc1ccc(C(=O)c2c(N)sc(C)c2C)cc1. The minimum absolute atomic E-state index is 0.0845. The zero-order valence-electron chi connectivity index (χ0n) is 11.6. The van der Waals surface area contributed by atoms with Gasteiger partial charge in [0.05, 0.1) is 10.6 Å². The molecule has 5 heteroatoms. The molecule has 0 aliphatic heterocycles. The molecule has 1 aromatic carbocycles. The van der Waals surface area contributed by atoms with Gasteiger partial charge in [-0.25, -0.2) is 0 Å². The van der Waals surface area contributed by atoms with Crippen LogP contribution < -0.4 is 11.1 Å². The van der Waals surface area contributed by atoms with Crippen molar-refractivity contribution in [3.05, 3.63) is 45.8 Å². The first kappa shape index (κ1) is 14.3. The van der Waals surface area contributed by atoms with Gasteiger partial charge in [-0.3, -0.25) is 9.59 Å². The molecule has 0 aliphatic carbocycles. The average molecular weight is 288 g/mol. The lowest BCUT2D eigenvalue weighted by Gasteiger charge is -2.05. The Morgan fingerprint density at radius 3 is 2.20 bits per heavy atom. The first-order valence-electron chi connectivity index (χ1n) is 6.18. The molecule has 0 aliphatic rings. The predicted octanol–water partition coefficient (Wildman–Crippen LogP) is 3.14. The van der Waals surface area contributed by atoms with Crippen molar-refractivity contribution in [2.75, 3.05) is 11.1 Å². The number of nitrogens with one attached hydrogen (secondary N) is 1. The Morgan fingerprint density at radius 2 is 1.75 bits per heavy atom. The topological polar surface area (TPSA) is 72.2 Å². The van der Waals surface area contributed by atoms with E-state index < -0.39 is 0 Å². The molecule has 0 fully saturated rings. The molecule has 0 atom stereocenters. The third kappa shape index (κ3) is 2.72. The van der Waals surface area contributed by atoms with Crippen LogP contribution in [-0.2, 0) is 4.79 Å². The lowest BCUT2D eigenvalue weighted by Crippen LogP contribution is -2.07. The molecule has 0 radical (unpaired) electrons. The zero-order valence-corrected chi connectivity index (χ0v) is 12.4. The Labute approximate surface area is 121 Å². The Morgan fingerprint density at radius 1 is 1.15 bits per heavy atom. The standard InChI is InChI=1S/C15H16N2O2S/c1-8-9(2)20-15(16)13(8)14(19)11-4-6-12(7-5-11)17-10(3)18/h4-7H,16H2,1-3H3,(H,17,18). The van der Waals surface area contributed by atoms with Gasteiger partial charge in [0.1, 0.15) is 0 Å². The molecule has 2 rings (SSSR count). The van der Waals surface area contributed by atoms with E-state index in [1.165, 1.54) is 18.3 Å². The highest BCUT2D eigenvalue weighted by Gasteiger charge is 2.19. The van der Waals surface area contributed by atoms with Crippen LogP contribution in [0.1, 0.15) is 33.3 Å². The average Bonchev–Trinajstić information content (AvgIpc) is 2.63. The summed E-state index contributed by atoms with van der Waals surface area (Å²) in [5, 5.41) is 3.22. The van der Waals surface area contributed by atoms with Crippen molar-refractivity contribution in [1.82, 2.24) is 0 Å². The summed E-state index contributed by atoms with van der Waals surface area (Å²) in [4.78, 5) is 24.5. The second-order valence-electron chi connectivity index (χ2n) is 4.61. The van der Waals surface area contributed by atoms with Crippen molar-refractivity contribution in [2.24, 2.45) is 0 Å². The van der Waals surface area contributed by atoms with E-state index in [1.807, 2.05) is 13.8 Å². The Kier molecular flexibility index (Phi) is 3.90. The Hall–Kier alpha value is -2.14. The van der Waals surface area contributed by atoms with Gasteiger partial charge in [0.15, 0.2) is 5.78 Å². The number of anilines is 2. The van der Waals surface area contributed by atoms with Crippen LogP contribution >= 0.6 is 11.3 Å². The largest absolute Gasteiger partial charge is 0.390 e. The van der Waals surface area contributed by atoms with E-state index in [1.54, 1.807) is 24.3 Å². The van der Waals surface area contributed by atoms with Gasteiger partial charge in [-0.15, -0.1) is 11.3 Å². The molecular formula is C15H16N2O2S. The quantitative estimate of drug-likeness (QED) is 0.852. The molecule has 1 aromatic heterocycles. The number of benzene rings is 1. The third-order valence-electron chi connectivity index (χ3n) is 3.11. The minimum atomic E-state index is -0.141. The number of hydrogen-bond acceptors (Lipinski definition) is 4. The summed E-state index contributed by atoms with van der Waals surface area (Å²) in [7, 11) is 0. The molecule has 0 bridgehead atoms. The van der Waals surface area contributed by atoms with E-state index in [-0.39, 0.29) is 11.7 Å². The highest BCUT2D eigenvalue weighted by molar-refractivity contribution is 7.16. The number of hydrogen-bond donors (Lipinski definition) is 2. The summed E-state index contributed by atoms with van der Waals surface area (Å²) in [6.45, 7) is 5.30. The second-order valence-corrected chi connectivity index (χ2v) is 5.87. The lowest BCUT2D eigenvalue weighted by molar-refractivity contribution is -0.114. The van der Waals surface area contributed by atoms with E-state index >= 15 is 0 Å². The normalized spacial score (nSPS) is 10.3. The Balaban J connectivity index is 2.32. The fourth-order valence-electron chi connectivity index (χ4n) is 1.99. The molecule has 2 aromatic rings. The number of ketones is 1. The van der Waals surface area contributed by atoms with Crippen LogP contribution in [0.4, 0.5) is 10.7 Å². The second kappa shape index (κ2) is 5.46. The number of rotatable bonds is 3. The van der Waals surface area contributed by atoms with Gasteiger partial charge >= 0.3 is 0 Å². The summed E-state index contributed by atoms with van der Waals surface area (Å²) < 4.78 is 0. The summed E-state index contributed by atoms with van der Waals surface area (Å²) >= 11 is 1.43. The highest BCUT2D eigenvalue weighted by atomic mass is 32.1. The summed E-state index contributed by atoms with van der Waals surface area (Å²) in [5.41, 5.74) is 8.66. The van der Waals surface area contributed by atoms with Gasteiger partial charge in [-0.1, -0.05) is 0 Å². The van der Waals surface area contributed by atoms with Crippen LogP contribution in [-0.4, -0.2) is 11.7 Å². The van der Waals surface area contributed by atoms with Crippen molar-refractivity contribution in [2.45, 2.75) is 20.8 Å². The van der Waals surface area contributed by atoms with Gasteiger partial charge in [0, 0.05) is 23.1 Å². The number of thiophene rings is 1. The fraction of sp³-hybridized carbons (Fsp3) is 0.200. The lowest BCUT2D eigenvalue weighted by atomic mass is 10.0. The molecule has 1 heterocycles.